The van der Waals surface area contributed by atoms with Gasteiger partial charge in [-0.1, -0.05) is 50.6 Å². The van der Waals surface area contributed by atoms with Gasteiger partial charge in [-0.05, 0) is 60.4 Å². The number of aromatic nitrogens is 4. The van der Waals surface area contributed by atoms with Crippen molar-refractivity contribution >= 4 is 11.6 Å². The molecule has 0 spiro atoms. The minimum Gasteiger partial charge on any atom is -0.468 e. The molecule has 0 aliphatic carbocycles. The Kier molecular flexibility index (Phi) is 6.75. The van der Waals surface area contributed by atoms with Crippen LogP contribution in [-0.2, 0) is 18.6 Å². The van der Waals surface area contributed by atoms with Gasteiger partial charge >= 0.3 is 0 Å². The molecule has 29 heavy (non-hydrogen) atoms. The Balaban J connectivity index is 2.03. The van der Waals surface area contributed by atoms with Crippen molar-refractivity contribution in [2.24, 2.45) is 5.92 Å². The quantitative estimate of drug-likeness (QED) is 0.464. The van der Waals surface area contributed by atoms with E-state index < -0.39 is 0 Å². The average Bonchev–Trinajstić information content (AvgIpc) is 3.36. The van der Waals surface area contributed by atoms with Crippen LogP contribution in [-0.4, -0.2) is 25.1 Å². The molecule has 0 bridgehead atoms. The first kappa shape index (κ1) is 21.5. The lowest BCUT2D eigenvalue weighted by Crippen LogP contribution is -2.37. The van der Waals surface area contributed by atoms with Gasteiger partial charge in [0.15, 0.2) is 5.82 Å². The smallest absolute Gasteiger partial charge is 0.169 e. The van der Waals surface area contributed by atoms with Gasteiger partial charge in [0, 0.05) is 11.6 Å². The summed E-state index contributed by atoms with van der Waals surface area (Å²) in [5.74, 6) is 2.05. The molecule has 2 aromatic heterocycles. The van der Waals surface area contributed by atoms with Crippen molar-refractivity contribution in [1.82, 2.24) is 25.1 Å². The van der Waals surface area contributed by atoms with Crippen molar-refractivity contribution in [3.8, 4) is 0 Å². The van der Waals surface area contributed by atoms with E-state index in [-0.39, 0.29) is 17.5 Å². The second kappa shape index (κ2) is 9.09. The van der Waals surface area contributed by atoms with Crippen LogP contribution in [0.1, 0.15) is 64.2 Å². The van der Waals surface area contributed by atoms with Crippen LogP contribution in [0.15, 0.2) is 47.1 Å². The van der Waals surface area contributed by atoms with Crippen LogP contribution in [0.5, 0.6) is 0 Å². The van der Waals surface area contributed by atoms with Crippen LogP contribution < -0.4 is 0 Å². The normalized spacial score (nSPS) is 13.4. The zero-order valence-electron chi connectivity index (χ0n) is 17.8. The summed E-state index contributed by atoms with van der Waals surface area (Å²) in [6.07, 6.45) is 2.64. The molecular formula is C22H30ClN5O. The molecule has 0 unspecified atom stereocenters. The number of tetrazole rings is 1. The van der Waals surface area contributed by atoms with Crippen molar-refractivity contribution in [2.75, 3.05) is 0 Å². The molecule has 1 atom stereocenters. The van der Waals surface area contributed by atoms with Crippen molar-refractivity contribution in [3.63, 3.8) is 0 Å². The van der Waals surface area contributed by atoms with Crippen molar-refractivity contribution in [3.05, 3.63) is 64.8 Å². The summed E-state index contributed by atoms with van der Waals surface area (Å²) >= 11 is 6.49. The van der Waals surface area contributed by atoms with E-state index in [1.54, 1.807) is 6.26 Å². The predicted molar refractivity (Wildman–Crippen MR) is 114 cm³/mol. The van der Waals surface area contributed by atoms with Gasteiger partial charge in [-0.25, -0.2) is 4.68 Å². The fraction of sp³-hybridized carbons (Fsp3) is 0.500. The first-order valence-electron chi connectivity index (χ1n) is 10.1. The predicted octanol–water partition coefficient (Wildman–Crippen LogP) is 5.46. The zero-order chi connectivity index (χ0) is 21.0. The van der Waals surface area contributed by atoms with Crippen molar-refractivity contribution in [1.29, 1.82) is 0 Å². The van der Waals surface area contributed by atoms with Crippen molar-refractivity contribution < 1.29 is 4.42 Å². The first-order chi connectivity index (χ1) is 13.8. The SMILES string of the molecule is CCC(C)(C)n1nnnc1[C@H](C(C)C)N(Cc1ccco1)Cc1ccccc1Cl. The molecule has 0 amide bonds. The van der Waals surface area contributed by atoms with Gasteiger partial charge in [-0.2, -0.15) is 0 Å². The molecule has 0 saturated carbocycles. The summed E-state index contributed by atoms with van der Waals surface area (Å²) < 4.78 is 7.64. The molecule has 156 valence electrons. The number of hydrogen-bond acceptors (Lipinski definition) is 5. The second-order valence-electron chi connectivity index (χ2n) is 8.38. The third kappa shape index (κ3) is 4.87. The summed E-state index contributed by atoms with van der Waals surface area (Å²) in [5.41, 5.74) is 0.896. The molecule has 2 heterocycles. The summed E-state index contributed by atoms with van der Waals surface area (Å²) in [6, 6.07) is 11.9. The summed E-state index contributed by atoms with van der Waals surface area (Å²) in [5, 5.41) is 13.6. The summed E-state index contributed by atoms with van der Waals surface area (Å²) in [6.45, 7) is 12.2. The van der Waals surface area contributed by atoms with E-state index >= 15 is 0 Å². The molecule has 3 aromatic rings. The van der Waals surface area contributed by atoms with Crippen LogP contribution in [0.25, 0.3) is 0 Å². The maximum atomic E-state index is 6.49. The lowest BCUT2D eigenvalue weighted by molar-refractivity contribution is 0.110. The van der Waals surface area contributed by atoms with Gasteiger partial charge in [0.1, 0.15) is 5.76 Å². The lowest BCUT2D eigenvalue weighted by atomic mass is 9.97. The molecule has 0 fully saturated rings. The van der Waals surface area contributed by atoms with E-state index in [2.05, 4.69) is 61.1 Å². The second-order valence-corrected chi connectivity index (χ2v) is 8.79. The Labute approximate surface area is 177 Å². The fourth-order valence-corrected chi connectivity index (χ4v) is 3.74. The fourth-order valence-electron chi connectivity index (χ4n) is 3.54. The van der Waals surface area contributed by atoms with Gasteiger partial charge in [0.2, 0.25) is 0 Å². The topological polar surface area (TPSA) is 60.0 Å². The maximum absolute atomic E-state index is 6.49. The highest BCUT2D eigenvalue weighted by molar-refractivity contribution is 6.31. The molecule has 0 radical (unpaired) electrons. The van der Waals surface area contributed by atoms with Gasteiger partial charge in [-0.3, -0.25) is 4.90 Å². The highest BCUT2D eigenvalue weighted by Gasteiger charge is 2.34. The molecule has 1 aromatic carbocycles. The van der Waals surface area contributed by atoms with E-state index in [1.165, 1.54) is 0 Å². The van der Waals surface area contributed by atoms with Gasteiger partial charge < -0.3 is 4.42 Å². The Morgan fingerprint density at radius 2 is 1.90 bits per heavy atom. The number of nitrogens with zero attached hydrogens (tertiary/aromatic N) is 5. The van der Waals surface area contributed by atoms with Crippen LogP contribution in [0.2, 0.25) is 5.02 Å². The highest BCUT2D eigenvalue weighted by Crippen LogP contribution is 2.34. The number of rotatable bonds is 9. The third-order valence-corrected chi connectivity index (χ3v) is 5.86. The van der Waals surface area contributed by atoms with Crippen molar-refractivity contribution in [2.45, 2.75) is 65.7 Å². The molecule has 0 aliphatic heterocycles. The van der Waals surface area contributed by atoms with E-state index in [0.29, 0.717) is 13.1 Å². The number of halogens is 1. The largest absolute Gasteiger partial charge is 0.468 e. The molecular weight excluding hydrogens is 386 g/mol. The molecule has 0 saturated heterocycles. The first-order valence-corrected chi connectivity index (χ1v) is 10.5. The number of hydrogen-bond donors (Lipinski definition) is 0. The molecule has 0 N–H and O–H groups in total. The monoisotopic (exact) mass is 415 g/mol. The van der Waals surface area contributed by atoms with Gasteiger partial charge in [0.25, 0.3) is 0 Å². The maximum Gasteiger partial charge on any atom is 0.169 e. The molecule has 6 nitrogen and oxygen atoms in total. The minimum atomic E-state index is -0.174. The van der Waals surface area contributed by atoms with E-state index in [1.807, 2.05) is 35.0 Å². The third-order valence-electron chi connectivity index (χ3n) is 5.49. The minimum absolute atomic E-state index is 0.00259. The summed E-state index contributed by atoms with van der Waals surface area (Å²) in [4.78, 5) is 2.35. The number of furan rings is 1. The number of benzene rings is 1. The zero-order valence-corrected chi connectivity index (χ0v) is 18.6. The van der Waals surface area contributed by atoms with E-state index in [0.717, 1.165) is 28.6 Å². The molecule has 3 rings (SSSR count). The summed E-state index contributed by atoms with van der Waals surface area (Å²) in [7, 11) is 0. The van der Waals surface area contributed by atoms with Crippen LogP contribution in [0.4, 0.5) is 0 Å². The highest BCUT2D eigenvalue weighted by atomic mass is 35.5. The molecule has 0 aliphatic rings. The Hall–Kier alpha value is -2.18. The van der Waals surface area contributed by atoms with Gasteiger partial charge in [-0.15, -0.1) is 5.10 Å². The van der Waals surface area contributed by atoms with Gasteiger partial charge in [0.05, 0.1) is 24.4 Å². The van der Waals surface area contributed by atoms with Crippen LogP contribution in [0.3, 0.4) is 0 Å². The van der Waals surface area contributed by atoms with Crippen LogP contribution in [0, 0.1) is 5.92 Å². The van der Waals surface area contributed by atoms with E-state index in [4.69, 9.17) is 16.0 Å². The standard InChI is InChI=1S/C22H30ClN5O/c1-6-22(4,5)28-21(24-25-26-28)20(16(2)3)27(15-18-11-9-13-29-18)14-17-10-7-8-12-19(17)23/h7-13,16,20H,6,14-15H2,1-5H3/t20-/m0/s1. The van der Waals surface area contributed by atoms with E-state index in [9.17, 15) is 0 Å². The Morgan fingerprint density at radius 1 is 1.14 bits per heavy atom. The Bertz CT molecular complexity index is 904. The van der Waals surface area contributed by atoms with Crippen LogP contribution >= 0.6 is 11.6 Å². The molecule has 7 heteroatoms. The Morgan fingerprint density at radius 3 is 2.52 bits per heavy atom. The lowest BCUT2D eigenvalue weighted by Gasteiger charge is -2.35. The average molecular weight is 416 g/mol.